The molecule has 0 spiro atoms. The monoisotopic (exact) mass is 648 g/mol. The third kappa shape index (κ3) is 7.66. The quantitative estimate of drug-likeness (QED) is 0.171. The number of pyridine rings is 1. The van der Waals surface area contributed by atoms with Crippen LogP contribution in [0.4, 0.5) is 5.82 Å². The summed E-state index contributed by atoms with van der Waals surface area (Å²) in [6.45, 7) is 1.02. The summed E-state index contributed by atoms with van der Waals surface area (Å²) in [6.07, 6.45) is 4.53. The van der Waals surface area contributed by atoms with Gasteiger partial charge in [0.15, 0.2) is 5.82 Å². The fraction of sp³-hybridized carbons (Fsp3) is 0.265. The van der Waals surface area contributed by atoms with Crippen molar-refractivity contribution in [3.8, 4) is 11.4 Å². The third-order valence-corrected chi connectivity index (χ3v) is 8.06. The third-order valence-electron chi connectivity index (χ3n) is 8.06. The molecule has 0 radical (unpaired) electrons. The van der Waals surface area contributed by atoms with E-state index in [-0.39, 0.29) is 49.5 Å². The first-order chi connectivity index (χ1) is 23.5. The molecule has 2 bridgehead atoms. The average Bonchev–Trinajstić information content (AvgIpc) is 3.79. The van der Waals surface area contributed by atoms with Crippen molar-refractivity contribution in [1.82, 2.24) is 46.0 Å². The van der Waals surface area contributed by atoms with E-state index in [1.807, 2.05) is 30.5 Å². The van der Waals surface area contributed by atoms with Crippen LogP contribution in [0, 0.1) is 0 Å². The van der Waals surface area contributed by atoms with Crippen LogP contribution >= 0.6 is 0 Å². The molecule has 4 amide bonds. The van der Waals surface area contributed by atoms with Crippen molar-refractivity contribution in [2.75, 3.05) is 38.0 Å². The maximum absolute atomic E-state index is 13.8. The molecule has 48 heavy (non-hydrogen) atoms. The maximum Gasteiger partial charge on any atom is 0.270 e. The van der Waals surface area contributed by atoms with Crippen molar-refractivity contribution in [2.24, 2.45) is 0 Å². The van der Waals surface area contributed by atoms with E-state index in [1.54, 1.807) is 42.5 Å². The van der Waals surface area contributed by atoms with Gasteiger partial charge in [-0.2, -0.15) is 5.10 Å². The van der Waals surface area contributed by atoms with Crippen LogP contribution in [0.2, 0.25) is 0 Å². The van der Waals surface area contributed by atoms with E-state index in [2.05, 4.69) is 46.4 Å². The van der Waals surface area contributed by atoms with Crippen LogP contribution in [0.5, 0.6) is 0 Å². The Morgan fingerprint density at radius 1 is 0.875 bits per heavy atom. The molecule has 0 unspecified atom stereocenters. The zero-order chi connectivity index (χ0) is 33.3. The van der Waals surface area contributed by atoms with Gasteiger partial charge in [-0.1, -0.05) is 42.5 Å². The summed E-state index contributed by atoms with van der Waals surface area (Å²) in [5, 5.41) is 19.5. The summed E-state index contributed by atoms with van der Waals surface area (Å²) in [5.41, 5.74) is 2.94. The Morgan fingerprint density at radius 2 is 1.71 bits per heavy atom. The van der Waals surface area contributed by atoms with Gasteiger partial charge in [-0.15, -0.1) is 0 Å². The molecule has 6 N–H and O–H groups in total. The minimum Gasteiger partial charge on any atom is -0.368 e. The summed E-state index contributed by atoms with van der Waals surface area (Å²) >= 11 is 0. The van der Waals surface area contributed by atoms with E-state index in [0.717, 1.165) is 16.5 Å². The number of para-hydroxylation sites is 1. The largest absolute Gasteiger partial charge is 0.368 e. The molecule has 5 aromatic rings. The van der Waals surface area contributed by atoms with Crippen LogP contribution in [0.15, 0.2) is 79.3 Å². The minimum atomic E-state index is -0.871. The lowest BCUT2D eigenvalue weighted by atomic mass is 10.0. The first kappa shape index (κ1) is 31.9. The molecule has 2 aromatic carbocycles. The van der Waals surface area contributed by atoms with E-state index in [9.17, 15) is 19.2 Å². The van der Waals surface area contributed by atoms with Crippen LogP contribution in [0.3, 0.4) is 0 Å². The van der Waals surface area contributed by atoms with E-state index < -0.39 is 11.9 Å². The van der Waals surface area contributed by atoms with Crippen LogP contribution in [-0.4, -0.2) is 92.4 Å². The molecular formula is C34H36N10O4. The summed E-state index contributed by atoms with van der Waals surface area (Å²) in [6, 6.07) is 18.9. The molecule has 4 heterocycles. The van der Waals surface area contributed by atoms with Crippen LogP contribution in [0.1, 0.15) is 39.3 Å². The Bertz CT molecular complexity index is 1900. The zero-order valence-corrected chi connectivity index (χ0v) is 26.2. The highest BCUT2D eigenvalue weighted by Gasteiger charge is 2.25. The number of aromatic amines is 2. The Kier molecular flexibility index (Phi) is 9.99. The first-order valence-corrected chi connectivity index (χ1v) is 15.8. The van der Waals surface area contributed by atoms with Gasteiger partial charge in [-0.05, 0) is 42.7 Å². The number of nitrogens with zero attached hydrogens (tertiary/aromatic N) is 4. The number of carbonyl (C=O) groups excluding carboxylic acids is 4. The van der Waals surface area contributed by atoms with E-state index in [4.69, 9.17) is 0 Å². The summed E-state index contributed by atoms with van der Waals surface area (Å²) in [5.74, 6) is -0.587. The van der Waals surface area contributed by atoms with Crippen LogP contribution in [-0.2, 0) is 16.0 Å². The van der Waals surface area contributed by atoms with E-state index in [1.165, 1.54) is 11.2 Å². The van der Waals surface area contributed by atoms with Gasteiger partial charge < -0.3 is 31.2 Å². The number of benzene rings is 2. The van der Waals surface area contributed by atoms with Gasteiger partial charge in [-0.3, -0.25) is 24.3 Å². The fourth-order valence-electron chi connectivity index (χ4n) is 5.64. The molecule has 3 aromatic heterocycles. The highest BCUT2D eigenvalue weighted by molar-refractivity contribution is 6.01. The fourth-order valence-corrected chi connectivity index (χ4v) is 5.64. The summed E-state index contributed by atoms with van der Waals surface area (Å²) in [7, 11) is 0. The molecule has 0 saturated heterocycles. The number of fused-ring (bicyclic) bond motifs is 3. The Hall–Kier alpha value is -6.05. The molecule has 1 aliphatic rings. The highest BCUT2D eigenvalue weighted by atomic mass is 16.2. The number of rotatable bonds is 4. The molecule has 14 heteroatoms. The predicted molar refractivity (Wildman–Crippen MR) is 179 cm³/mol. The topological polar surface area (TPSA) is 190 Å². The van der Waals surface area contributed by atoms with Crippen molar-refractivity contribution >= 4 is 40.3 Å². The second-order valence-electron chi connectivity index (χ2n) is 11.4. The minimum absolute atomic E-state index is 0.151. The number of nitrogens with one attached hydrogen (secondary N) is 6. The summed E-state index contributed by atoms with van der Waals surface area (Å²) < 4.78 is 0. The number of aromatic nitrogens is 5. The number of amides is 4. The smallest absolute Gasteiger partial charge is 0.270 e. The van der Waals surface area contributed by atoms with Crippen molar-refractivity contribution < 1.29 is 19.2 Å². The summed E-state index contributed by atoms with van der Waals surface area (Å²) in [4.78, 5) is 67.1. The second-order valence-corrected chi connectivity index (χ2v) is 11.4. The molecule has 0 aliphatic carbocycles. The molecule has 0 saturated carbocycles. The molecule has 246 valence electrons. The van der Waals surface area contributed by atoms with Crippen LogP contribution in [0.25, 0.3) is 22.3 Å². The number of hydrogen-bond acceptors (Lipinski definition) is 8. The highest BCUT2D eigenvalue weighted by Crippen LogP contribution is 2.22. The van der Waals surface area contributed by atoms with Crippen molar-refractivity contribution in [3.05, 3.63) is 96.1 Å². The van der Waals surface area contributed by atoms with Crippen molar-refractivity contribution in [1.29, 1.82) is 0 Å². The Balaban J connectivity index is 1.21. The number of anilines is 1. The number of H-pyrrole nitrogens is 2. The van der Waals surface area contributed by atoms with Crippen molar-refractivity contribution in [2.45, 2.75) is 25.3 Å². The second kappa shape index (κ2) is 15.0. The van der Waals surface area contributed by atoms with Crippen LogP contribution < -0.4 is 21.3 Å². The molecule has 1 aliphatic heterocycles. The number of hydrogen-bond donors (Lipinski definition) is 6. The van der Waals surface area contributed by atoms with Gasteiger partial charge >= 0.3 is 0 Å². The Labute approximate surface area is 276 Å². The molecular weight excluding hydrogens is 612 g/mol. The molecule has 0 fully saturated rings. The van der Waals surface area contributed by atoms with Gasteiger partial charge in [0.1, 0.15) is 23.9 Å². The van der Waals surface area contributed by atoms with E-state index >= 15 is 0 Å². The number of carbonyl (C=O) groups is 4. The lowest BCUT2D eigenvalue weighted by Crippen LogP contribution is -2.48. The Morgan fingerprint density at radius 3 is 2.58 bits per heavy atom. The zero-order valence-electron chi connectivity index (χ0n) is 26.2. The maximum atomic E-state index is 13.8. The van der Waals surface area contributed by atoms with Crippen molar-refractivity contribution in [3.63, 3.8) is 0 Å². The van der Waals surface area contributed by atoms with Gasteiger partial charge in [0.05, 0.1) is 12.1 Å². The average molecular weight is 649 g/mol. The van der Waals surface area contributed by atoms with Gasteiger partial charge in [0.2, 0.25) is 11.8 Å². The van der Waals surface area contributed by atoms with Gasteiger partial charge in [0.25, 0.3) is 11.8 Å². The molecule has 6 rings (SSSR count). The first-order valence-electron chi connectivity index (χ1n) is 15.8. The lowest BCUT2D eigenvalue weighted by Gasteiger charge is -2.23. The molecule has 14 nitrogen and oxygen atoms in total. The predicted octanol–water partition coefficient (Wildman–Crippen LogP) is 2.27. The molecule has 1 atom stereocenters. The SMILES string of the molecule is O=C1CN(C(=O)c2ccccc2-c2ncn[nH]2)CCCCNC(=O)[C@H](Cc2c[nH]c3ccccc23)NC(=O)c2cccc(n2)NCCN1. The van der Waals surface area contributed by atoms with E-state index in [0.29, 0.717) is 48.7 Å². The normalized spacial score (nSPS) is 16.9. The lowest BCUT2D eigenvalue weighted by molar-refractivity contribution is -0.123. The standard InChI is InChI=1S/C34H36N10O4/c45-30-20-44(34(48)25-10-2-1-9-24(25)31-39-21-40-43-31)17-6-5-14-37-32(46)28(18-22-19-38-26-11-4-3-8-23(22)26)42-33(47)27-12-7-13-29(41-27)35-15-16-36-30/h1-4,7-13,19,21,28,38H,5-6,14-18,20H2,(H,35,41)(H,36,45)(H,37,46)(H,42,47)(H,39,40,43)/t28-/m0/s1. The van der Waals surface area contributed by atoms with Gasteiger partial charge in [0, 0.05) is 55.3 Å². The van der Waals surface area contributed by atoms with Gasteiger partial charge in [-0.25, -0.2) is 9.97 Å².